The number of nitrogens with zero attached hydrogens (tertiary/aromatic N) is 5. The van der Waals surface area contributed by atoms with E-state index < -0.39 is 11.9 Å². The fourth-order valence-corrected chi connectivity index (χ4v) is 2.20. The minimum absolute atomic E-state index is 0. The van der Waals surface area contributed by atoms with Crippen LogP contribution in [0, 0.1) is 6.07 Å². The maximum Gasteiger partial charge on any atom is 2.00 e. The molecule has 0 spiro atoms. The number of methoxy groups -OCH3 is 1. The van der Waals surface area contributed by atoms with Crippen molar-refractivity contribution in [2.45, 2.75) is 6.18 Å². The number of halogens is 3. The Morgan fingerprint density at radius 1 is 0.967 bits per heavy atom. The van der Waals surface area contributed by atoms with E-state index in [2.05, 4.69) is 31.4 Å². The molecule has 0 amide bonds. The summed E-state index contributed by atoms with van der Waals surface area (Å²) in [4.78, 5) is 3.87. The second kappa shape index (κ2) is 10.6. The number of aromatic nitrogens is 5. The standard InChI is InChI=1S/C11H9N2O.C9H5F3N3.Pt/c1-14-11-8-7-10(12-13-11)9-5-3-2-4-6-9;10-9(11,12)8-5-7(14-15-8)6-3-1-2-4-13-6;/h2-5,7-8H,1H3;1-5H;/q2*-1;+2. The van der Waals surface area contributed by atoms with Gasteiger partial charge in [-0.3, -0.25) is 4.98 Å². The first-order chi connectivity index (χ1) is 14.0. The van der Waals surface area contributed by atoms with Gasteiger partial charge in [-0.25, -0.2) is 0 Å². The molecule has 0 fully saturated rings. The van der Waals surface area contributed by atoms with Gasteiger partial charge in [0.2, 0.25) is 5.88 Å². The average Bonchev–Trinajstić information content (AvgIpc) is 3.27. The third kappa shape index (κ3) is 6.22. The van der Waals surface area contributed by atoms with Crippen molar-refractivity contribution < 1.29 is 39.0 Å². The Bertz CT molecular complexity index is 1030. The molecule has 1 aromatic carbocycles. The second-order valence-corrected chi connectivity index (χ2v) is 5.56. The van der Waals surface area contributed by atoms with Crippen LogP contribution in [0.1, 0.15) is 5.69 Å². The van der Waals surface area contributed by atoms with Gasteiger partial charge in [-0.1, -0.05) is 17.8 Å². The Morgan fingerprint density at radius 3 is 2.30 bits per heavy atom. The van der Waals surface area contributed by atoms with E-state index in [1.165, 1.54) is 6.20 Å². The number of pyridine rings is 1. The zero-order chi connectivity index (χ0) is 20.7. The SMILES string of the molecule is COc1ccc(-c2[c-]cccc2)nn1.FC(F)(F)c1cc(-c2ccccn2)[n-]n1.[Pt+2]. The predicted molar refractivity (Wildman–Crippen MR) is 98.6 cm³/mol. The molecule has 3 heterocycles. The monoisotopic (exact) mass is 592 g/mol. The summed E-state index contributed by atoms with van der Waals surface area (Å²) < 4.78 is 41.5. The Labute approximate surface area is 184 Å². The van der Waals surface area contributed by atoms with Crippen LogP contribution in [0.4, 0.5) is 13.2 Å². The third-order valence-corrected chi connectivity index (χ3v) is 3.59. The molecular weight excluding hydrogens is 578 g/mol. The van der Waals surface area contributed by atoms with Crippen molar-refractivity contribution in [2.24, 2.45) is 0 Å². The van der Waals surface area contributed by atoms with Crippen molar-refractivity contribution in [2.75, 3.05) is 7.11 Å². The van der Waals surface area contributed by atoms with Gasteiger partial charge in [-0.15, -0.1) is 41.0 Å². The van der Waals surface area contributed by atoms with Gasteiger partial charge in [0.1, 0.15) is 5.69 Å². The Balaban J connectivity index is 0.000000207. The molecule has 3 aromatic heterocycles. The van der Waals surface area contributed by atoms with E-state index in [4.69, 9.17) is 4.74 Å². The molecule has 0 aliphatic heterocycles. The van der Waals surface area contributed by atoms with Crippen molar-refractivity contribution in [1.82, 2.24) is 25.4 Å². The number of benzene rings is 1. The van der Waals surface area contributed by atoms with Crippen LogP contribution in [-0.4, -0.2) is 27.4 Å². The van der Waals surface area contributed by atoms with E-state index in [1.54, 1.807) is 31.4 Å². The molecule has 6 nitrogen and oxygen atoms in total. The van der Waals surface area contributed by atoms with Gasteiger partial charge >= 0.3 is 27.2 Å². The minimum atomic E-state index is -4.46. The summed E-state index contributed by atoms with van der Waals surface area (Å²) in [5.41, 5.74) is 1.24. The molecule has 0 bridgehead atoms. The molecule has 0 unspecified atom stereocenters. The van der Waals surface area contributed by atoms with Crippen molar-refractivity contribution in [3.8, 4) is 28.5 Å². The summed E-state index contributed by atoms with van der Waals surface area (Å²) in [6.45, 7) is 0. The summed E-state index contributed by atoms with van der Waals surface area (Å²) in [5, 5.41) is 14.4. The van der Waals surface area contributed by atoms with Gasteiger partial charge < -0.3 is 14.9 Å². The topological polar surface area (TPSA) is 74.9 Å². The van der Waals surface area contributed by atoms with Crippen molar-refractivity contribution in [3.63, 3.8) is 0 Å². The fourth-order valence-electron chi connectivity index (χ4n) is 2.20. The van der Waals surface area contributed by atoms with Crippen LogP contribution in [0.25, 0.3) is 22.6 Å². The van der Waals surface area contributed by atoms with Crippen LogP contribution in [-0.2, 0) is 27.2 Å². The molecule has 156 valence electrons. The first-order valence-electron chi connectivity index (χ1n) is 8.31. The molecule has 0 N–H and O–H groups in total. The van der Waals surface area contributed by atoms with E-state index in [1.807, 2.05) is 30.3 Å². The average molecular weight is 592 g/mol. The molecule has 0 aliphatic carbocycles. The summed E-state index contributed by atoms with van der Waals surface area (Å²) >= 11 is 0. The fraction of sp³-hybridized carbons (Fsp3) is 0.100. The van der Waals surface area contributed by atoms with Crippen LogP contribution >= 0.6 is 0 Å². The number of alkyl halides is 3. The Hall–Kier alpha value is -3.06. The molecule has 10 heteroatoms. The van der Waals surface area contributed by atoms with Gasteiger partial charge in [0, 0.05) is 17.6 Å². The first kappa shape index (κ1) is 23.2. The maximum atomic E-state index is 12.2. The molecule has 4 aromatic rings. The second-order valence-electron chi connectivity index (χ2n) is 5.56. The van der Waals surface area contributed by atoms with Crippen LogP contribution in [0.5, 0.6) is 5.88 Å². The van der Waals surface area contributed by atoms with Gasteiger partial charge in [-0.2, -0.15) is 18.3 Å². The molecule has 30 heavy (non-hydrogen) atoms. The quantitative estimate of drug-likeness (QED) is 0.334. The van der Waals surface area contributed by atoms with Crippen molar-refractivity contribution in [3.05, 3.63) is 78.6 Å². The van der Waals surface area contributed by atoms with Crippen LogP contribution in [0.15, 0.2) is 66.9 Å². The largest absolute Gasteiger partial charge is 2.00 e. The van der Waals surface area contributed by atoms with E-state index in [9.17, 15) is 13.2 Å². The first-order valence-corrected chi connectivity index (χ1v) is 8.31. The maximum absolute atomic E-state index is 12.2. The normalized spacial score (nSPS) is 10.4. The van der Waals surface area contributed by atoms with Crippen LogP contribution in [0.2, 0.25) is 0 Å². The van der Waals surface area contributed by atoms with E-state index in [0.717, 1.165) is 17.3 Å². The number of hydrogen-bond donors (Lipinski definition) is 0. The van der Waals surface area contributed by atoms with Gasteiger partial charge in [0.05, 0.1) is 7.11 Å². The van der Waals surface area contributed by atoms with Gasteiger partial charge in [0.25, 0.3) is 0 Å². The molecule has 4 rings (SSSR count). The molecule has 0 aliphatic rings. The number of ether oxygens (including phenoxy) is 1. The zero-order valence-corrected chi connectivity index (χ0v) is 17.7. The van der Waals surface area contributed by atoms with Gasteiger partial charge in [-0.05, 0) is 24.3 Å². The Kier molecular flexibility index (Phi) is 8.23. The summed E-state index contributed by atoms with van der Waals surface area (Å²) in [6.07, 6.45) is -2.97. The third-order valence-electron chi connectivity index (χ3n) is 3.59. The van der Waals surface area contributed by atoms with Crippen LogP contribution in [0.3, 0.4) is 0 Å². The summed E-state index contributed by atoms with van der Waals surface area (Å²) in [5.74, 6) is 0.518. The van der Waals surface area contributed by atoms with E-state index >= 15 is 0 Å². The van der Waals surface area contributed by atoms with Crippen molar-refractivity contribution >= 4 is 0 Å². The number of hydrogen-bond acceptors (Lipinski definition) is 5. The van der Waals surface area contributed by atoms with Crippen molar-refractivity contribution in [1.29, 1.82) is 0 Å². The van der Waals surface area contributed by atoms with E-state index in [0.29, 0.717) is 11.6 Å². The molecule has 0 saturated carbocycles. The zero-order valence-electron chi connectivity index (χ0n) is 15.4. The number of rotatable bonds is 3. The summed E-state index contributed by atoms with van der Waals surface area (Å²) in [7, 11) is 1.57. The smallest absolute Gasteiger partial charge is 0.573 e. The summed E-state index contributed by atoms with van der Waals surface area (Å²) in [6, 6.07) is 20.2. The molecule has 0 atom stereocenters. The molecular formula is C20H14F3N5OPt. The Morgan fingerprint density at radius 2 is 1.77 bits per heavy atom. The van der Waals surface area contributed by atoms with E-state index in [-0.39, 0.29) is 26.8 Å². The molecule has 0 saturated heterocycles. The molecule has 0 radical (unpaired) electrons. The minimum Gasteiger partial charge on any atom is -0.573 e. The van der Waals surface area contributed by atoms with Gasteiger partial charge in [0.15, 0.2) is 0 Å². The van der Waals surface area contributed by atoms with Crippen LogP contribution < -0.4 is 9.84 Å². The predicted octanol–water partition coefficient (Wildman–Crippen LogP) is 4.07.